The van der Waals surface area contributed by atoms with Gasteiger partial charge in [-0.05, 0) is 43.2 Å². The van der Waals surface area contributed by atoms with Crippen LogP contribution in [0.2, 0.25) is 0 Å². The number of hydrogen-bond donors (Lipinski definition) is 3. The number of carboxylic acids is 1. The molecule has 31 heavy (non-hydrogen) atoms. The molecule has 8 nitrogen and oxygen atoms in total. The van der Waals surface area contributed by atoms with Crippen LogP contribution >= 0.6 is 0 Å². The Morgan fingerprint density at radius 1 is 1.26 bits per heavy atom. The van der Waals surface area contributed by atoms with Crippen LogP contribution in [0.4, 0.5) is 4.39 Å². The Kier molecular flexibility index (Phi) is 8.47. The molecule has 0 aliphatic carbocycles. The summed E-state index contributed by atoms with van der Waals surface area (Å²) in [6, 6.07) is 5.59. The van der Waals surface area contributed by atoms with Gasteiger partial charge in [-0.15, -0.1) is 0 Å². The van der Waals surface area contributed by atoms with E-state index in [4.69, 9.17) is 0 Å². The van der Waals surface area contributed by atoms with E-state index in [1.54, 1.807) is 13.0 Å². The predicted octanol–water partition coefficient (Wildman–Crippen LogP) is 1.15. The summed E-state index contributed by atoms with van der Waals surface area (Å²) in [5.74, 6) is -2.29. The van der Waals surface area contributed by atoms with Crippen molar-refractivity contribution >= 4 is 18.0 Å². The van der Waals surface area contributed by atoms with E-state index in [9.17, 15) is 29.3 Å². The number of amides is 1. The van der Waals surface area contributed by atoms with Crippen LogP contribution in [0.15, 0.2) is 30.3 Å². The van der Waals surface area contributed by atoms with Crippen LogP contribution in [0.3, 0.4) is 0 Å². The second-order valence-electron chi connectivity index (χ2n) is 7.44. The fourth-order valence-corrected chi connectivity index (χ4v) is 3.20. The number of aliphatic carboxylic acids is 1. The summed E-state index contributed by atoms with van der Waals surface area (Å²) in [6.07, 6.45) is -0.235. The summed E-state index contributed by atoms with van der Waals surface area (Å²) >= 11 is 0. The minimum Gasteiger partial charge on any atom is -0.550 e. The Labute approximate surface area is 180 Å². The standard InChI is InChI=1S/C22H28FN3O5/c1-4-24-22(31)21-20(13(2)3)18(10-9-16(27)11-17(28)12-19(29)30)26(25-21)15-7-5-14(23)6-8-15/h5-10,13,16-17,27-28H,4,11-12H2,1-3H3,(H,24,31)(H,29,30)/p-1/b10-9+/t16-,17-/m1/s1. The van der Waals surface area contributed by atoms with Crippen molar-refractivity contribution in [1.29, 1.82) is 0 Å². The molecule has 2 atom stereocenters. The third kappa shape index (κ3) is 6.47. The summed E-state index contributed by atoms with van der Waals surface area (Å²) in [5, 5.41) is 37.7. The van der Waals surface area contributed by atoms with E-state index in [1.807, 2.05) is 13.8 Å². The number of aromatic nitrogens is 2. The molecule has 0 radical (unpaired) electrons. The van der Waals surface area contributed by atoms with Crippen LogP contribution in [0.25, 0.3) is 11.8 Å². The highest BCUT2D eigenvalue weighted by Crippen LogP contribution is 2.28. The van der Waals surface area contributed by atoms with Gasteiger partial charge in [0.2, 0.25) is 0 Å². The van der Waals surface area contributed by atoms with Gasteiger partial charge >= 0.3 is 0 Å². The molecule has 2 aromatic rings. The highest BCUT2D eigenvalue weighted by Gasteiger charge is 2.24. The van der Waals surface area contributed by atoms with Crippen LogP contribution in [0.1, 0.15) is 61.3 Å². The minimum atomic E-state index is -1.41. The Hall–Kier alpha value is -3.04. The van der Waals surface area contributed by atoms with Crippen molar-refractivity contribution in [3.05, 3.63) is 53.1 Å². The predicted molar refractivity (Wildman–Crippen MR) is 111 cm³/mol. The monoisotopic (exact) mass is 432 g/mol. The molecule has 0 aliphatic rings. The first-order valence-electron chi connectivity index (χ1n) is 10.0. The number of nitrogens with one attached hydrogen (secondary N) is 1. The van der Waals surface area contributed by atoms with E-state index < -0.39 is 30.4 Å². The lowest BCUT2D eigenvalue weighted by Gasteiger charge is -2.14. The molecular formula is C22H27FN3O5-. The maximum Gasteiger partial charge on any atom is 0.272 e. The van der Waals surface area contributed by atoms with Crippen molar-refractivity contribution in [2.24, 2.45) is 0 Å². The topological polar surface area (TPSA) is 128 Å². The smallest absolute Gasteiger partial charge is 0.272 e. The number of carboxylic acid groups (broad SMARTS) is 1. The van der Waals surface area contributed by atoms with E-state index >= 15 is 0 Å². The van der Waals surface area contributed by atoms with E-state index in [2.05, 4.69) is 10.4 Å². The first kappa shape index (κ1) is 24.2. The summed E-state index contributed by atoms with van der Waals surface area (Å²) in [6.45, 7) is 6.00. The molecule has 0 bridgehead atoms. The number of aliphatic hydroxyl groups excluding tert-OH is 2. The highest BCUT2D eigenvalue weighted by atomic mass is 19.1. The molecule has 0 saturated carbocycles. The van der Waals surface area contributed by atoms with Crippen LogP contribution in [-0.4, -0.2) is 50.6 Å². The molecule has 1 amide bonds. The first-order valence-corrected chi connectivity index (χ1v) is 10.0. The van der Waals surface area contributed by atoms with Gasteiger partial charge in [-0.1, -0.05) is 19.9 Å². The SMILES string of the molecule is CCNC(=O)c1nn(-c2ccc(F)cc2)c(/C=C/[C@@H](O)C[C@@H](O)CC(=O)[O-])c1C(C)C. The van der Waals surface area contributed by atoms with Crippen molar-refractivity contribution in [1.82, 2.24) is 15.1 Å². The second kappa shape index (κ2) is 10.8. The van der Waals surface area contributed by atoms with Crippen molar-refractivity contribution in [2.45, 2.75) is 51.7 Å². The molecule has 168 valence electrons. The number of aliphatic hydroxyl groups is 2. The Bertz CT molecular complexity index is 937. The van der Waals surface area contributed by atoms with Crippen molar-refractivity contribution < 1.29 is 29.3 Å². The zero-order valence-corrected chi connectivity index (χ0v) is 17.7. The van der Waals surface area contributed by atoms with Gasteiger partial charge in [-0.3, -0.25) is 4.79 Å². The van der Waals surface area contributed by atoms with Gasteiger partial charge in [0.05, 0.1) is 23.6 Å². The molecule has 0 saturated heterocycles. The van der Waals surface area contributed by atoms with E-state index in [-0.39, 0.29) is 23.9 Å². The van der Waals surface area contributed by atoms with Crippen LogP contribution in [0.5, 0.6) is 0 Å². The average Bonchev–Trinajstić information content (AvgIpc) is 3.06. The maximum atomic E-state index is 13.4. The van der Waals surface area contributed by atoms with Gasteiger partial charge in [0.15, 0.2) is 5.69 Å². The quantitative estimate of drug-likeness (QED) is 0.517. The minimum absolute atomic E-state index is 0.104. The summed E-state index contributed by atoms with van der Waals surface area (Å²) < 4.78 is 14.9. The Balaban J connectivity index is 2.50. The molecule has 0 spiro atoms. The molecule has 0 aliphatic heterocycles. The molecule has 1 aromatic heterocycles. The zero-order chi connectivity index (χ0) is 23.1. The third-order valence-electron chi connectivity index (χ3n) is 4.55. The summed E-state index contributed by atoms with van der Waals surface area (Å²) in [4.78, 5) is 23.2. The fraction of sp³-hybridized carbons (Fsp3) is 0.409. The normalized spacial score (nSPS) is 13.5. The number of benzene rings is 1. The van der Waals surface area contributed by atoms with Gasteiger partial charge in [0.25, 0.3) is 5.91 Å². The van der Waals surface area contributed by atoms with E-state index in [1.165, 1.54) is 35.0 Å². The van der Waals surface area contributed by atoms with Crippen molar-refractivity contribution in [2.75, 3.05) is 6.54 Å². The Morgan fingerprint density at radius 3 is 2.45 bits per heavy atom. The first-order chi connectivity index (χ1) is 14.6. The van der Waals surface area contributed by atoms with Gasteiger partial charge in [0.1, 0.15) is 5.82 Å². The zero-order valence-electron chi connectivity index (χ0n) is 17.7. The fourth-order valence-electron chi connectivity index (χ4n) is 3.20. The molecule has 3 N–H and O–H groups in total. The number of hydrogen-bond acceptors (Lipinski definition) is 6. The lowest BCUT2D eigenvalue weighted by Crippen LogP contribution is -2.29. The number of nitrogens with zero attached hydrogens (tertiary/aromatic N) is 2. The second-order valence-corrected chi connectivity index (χ2v) is 7.44. The molecular weight excluding hydrogens is 405 g/mol. The molecule has 2 rings (SSSR count). The molecule has 0 unspecified atom stereocenters. The lowest BCUT2D eigenvalue weighted by molar-refractivity contribution is -0.307. The number of carbonyl (C=O) groups is 2. The number of rotatable bonds is 10. The molecule has 1 aromatic carbocycles. The van der Waals surface area contributed by atoms with Gasteiger partial charge in [-0.2, -0.15) is 5.10 Å². The largest absolute Gasteiger partial charge is 0.550 e. The van der Waals surface area contributed by atoms with E-state index in [0.29, 0.717) is 23.5 Å². The van der Waals surface area contributed by atoms with Crippen LogP contribution in [-0.2, 0) is 4.79 Å². The molecule has 9 heteroatoms. The third-order valence-corrected chi connectivity index (χ3v) is 4.55. The van der Waals surface area contributed by atoms with Gasteiger partial charge < -0.3 is 25.4 Å². The van der Waals surface area contributed by atoms with Gasteiger partial charge in [-0.25, -0.2) is 9.07 Å². The number of halogens is 1. The van der Waals surface area contributed by atoms with Gasteiger partial charge in [0, 0.05) is 30.9 Å². The Morgan fingerprint density at radius 2 is 1.90 bits per heavy atom. The van der Waals surface area contributed by atoms with Crippen LogP contribution in [0, 0.1) is 5.82 Å². The van der Waals surface area contributed by atoms with Crippen LogP contribution < -0.4 is 10.4 Å². The average molecular weight is 432 g/mol. The molecule has 1 heterocycles. The van der Waals surface area contributed by atoms with E-state index in [0.717, 1.165) is 0 Å². The number of carbonyl (C=O) groups excluding carboxylic acids is 2. The summed E-state index contributed by atoms with van der Waals surface area (Å²) in [5.41, 5.74) is 1.88. The highest BCUT2D eigenvalue weighted by molar-refractivity contribution is 5.95. The summed E-state index contributed by atoms with van der Waals surface area (Å²) in [7, 11) is 0. The molecule has 0 fully saturated rings. The lowest BCUT2D eigenvalue weighted by atomic mass is 9.98. The van der Waals surface area contributed by atoms with Crippen molar-refractivity contribution in [3.63, 3.8) is 0 Å². The maximum absolute atomic E-state index is 13.4. The van der Waals surface area contributed by atoms with Crippen molar-refractivity contribution in [3.8, 4) is 5.69 Å².